The van der Waals surface area contributed by atoms with Crippen LogP contribution >= 0.6 is 10.7 Å². The first kappa shape index (κ1) is 18.8. The Balaban J connectivity index is 2.73. The van der Waals surface area contributed by atoms with Crippen molar-refractivity contribution in [3.63, 3.8) is 0 Å². The van der Waals surface area contributed by atoms with E-state index in [4.69, 9.17) is 15.4 Å². The normalized spacial score (nSPS) is 13.5. The van der Waals surface area contributed by atoms with Crippen LogP contribution in [0.2, 0.25) is 0 Å². The second-order valence-electron chi connectivity index (χ2n) is 5.99. The summed E-state index contributed by atoms with van der Waals surface area (Å²) in [5, 5.41) is 2.78. The van der Waals surface area contributed by atoms with Gasteiger partial charge in [0.2, 0.25) is 9.05 Å². The molecule has 1 N–H and O–H groups in total. The predicted octanol–water partition coefficient (Wildman–Crippen LogP) is 3.60. The van der Waals surface area contributed by atoms with Crippen molar-refractivity contribution in [3.05, 3.63) is 35.9 Å². The van der Waals surface area contributed by atoms with Gasteiger partial charge < -0.3 is 10.1 Å². The van der Waals surface area contributed by atoms with Gasteiger partial charge in [-0.25, -0.2) is 13.2 Å². The van der Waals surface area contributed by atoms with Crippen LogP contribution in [-0.4, -0.2) is 25.9 Å². The molecule has 7 heteroatoms. The van der Waals surface area contributed by atoms with Gasteiger partial charge in [0.1, 0.15) is 5.60 Å². The third-order valence-electron chi connectivity index (χ3n) is 2.77. The molecular formula is C15H22ClNO4S. The Labute approximate surface area is 136 Å². The average molecular weight is 348 g/mol. The van der Waals surface area contributed by atoms with E-state index in [0.29, 0.717) is 12.8 Å². The minimum atomic E-state index is -3.53. The minimum absolute atomic E-state index is 0.131. The van der Waals surface area contributed by atoms with Gasteiger partial charge in [-0.2, -0.15) is 0 Å². The Kier molecular flexibility index (Phi) is 6.68. The van der Waals surface area contributed by atoms with Gasteiger partial charge in [-0.1, -0.05) is 30.3 Å². The molecular weight excluding hydrogens is 326 g/mol. The predicted molar refractivity (Wildman–Crippen MR) is 87.4 cm³/mol. The molecule has 22 heavy (non-hydrogen) atoms. The molecule has 0 spiro atoms. The molecule has 0 heterocycles. The monoisotopic (exact) mass is 347 g/mol. The highest BCUT2D eigenvalue weighted by Crippen LogP contribution is 2.20. The van der Waals surface area contributed by atoms with Gasteiger partial charge in [-0.3, -0.25) is 0 Å². The highest BCUT2D eigenvalue weighted by molar-refractivity contribution is 8.13. The number of hydrogen-bond donors (Lipinski definition) is 1. The number of benzene rings is 1. The molecule has 124 valence electrons. The zero-order valence-electron chi connectivity index (χ0n) is 13.0. The van der Waals surface area contributed by atoms with Gasteiger partial charge in [-0.05, 0) is 39.2 Å². The summed E-state index contributed by atoms with van der Waals surface area (Å²) in [4.78, 5) is 11.9. The number of carbonyl (C=O) groups excluding carboxylic acids is 1. The number of alkyl carbamates (subject to hydrolysis) is 1. The standard InChI is InChI=1S/C15H22ClNO4S/c1-15(2,3)21-14(18)17-13(10-7-11-22(16,19)20)12-8-5-4-6-9-12/h4-6,8-9,13H,7,10-11H2,1-3H3,(H,17,18). The third-order valence-corrected chi connectivity index (χ3v) is 4.01. The lowest BCUT2D eigenvalue weighted by atomic mass is 10.0. The molecule has 0 fully saturated rings. The van der Waals surface area contributed by atoms with Gasteiger partial charge in [-0.15, -0.1) is 0 Å². The van der Waals surface area contributed by atoms with Crippen molar-refractivity contribution >= 4 is 25.8 Å². The van der Waals surface area contributed by atoms with E-state index in [-0.39, 0.29) is 11.8 Å². The molecule has 0 aromatic heterocycles. The highest BCUT2D eigenvalue weighted by Gasteiger charge is 2.20. The lowest BCUT2D eigenvalue weighted by molar-refractivity contribution is 0.0501. The van der Waals surface area contributed by atoms with Crippen LogP contribution in [-0.2, 0) is 13.8 Å². The number of nitrogens with one attached hydrogen (secondary N) is 1. The average Bonchev–Trinajstić information content (AvgIpc) is 2.35. The zero-order valence-corrected chi connectivity index (χ0v) is 14.6. The van der Waals surface area contributed by atoms with Crippen molar-refractivity contribution in [2.45, 2.75) is 45.3 Å². The Morgan fingerprint density at radius 1 is 1.27 bits per heavy atom. The maximum Gasteiger partial charge on any atom is 0.408 e. The van der Waals surface area contributed by atoms with Crippen molar-refractivity contribution < 1.29 is 17.9 Å². The first-order valence-corrected chi connectivity index (χ1v) is 9.51. The van der Waals surface area contributed by atoms with Crippen molar-refractivity contribution in [2.75, 3.05) is 5.75 Å². The molecule has 0 saturated carbocycles. The number of ether oxygens (including phenoxy) is 1. The summed E-state index contributed by atoms with van der Waals surface area (Å²) in [6.07, 6.45) is 0.270. The molecule has 1 atom stereocenters. The molecule has 1 amide bonds. The summed E-state index contributed by atoms with van der Waals surface area (Å²) in [5.41, 5.74) is 0.297. The maximum atomic E-state index is 11.9. The van der Waals surface area contributed by atoms with Crippen molar-refractivity contribution in [1.82, 2.24) is 5.32 Å². The quantitative estimate of drug-likeness (QED) is 0.798. The van der Waals surface area contributed by atoms with E-state index in [9.17, 15) is 13.2 Å². The van der Waals surface area contributed by atoms with Gasteiger partial charge in [0, 0.05) is 10.7 Å². The summed E-state index contributed by atoms with van der Waals surface area (Å²) in [5.74, 6) is -0.131. The first-order chi connectivity index (χ1) is 10.1. The fourth-order valence-corrected chi connectivity index (χ4v) is 2.76. The fourth-order valence-electron chi connectivity index (χ4n) is 1.92. The SMILES string of the molecule is CC(C)(C)OC(=O)NC(CCCS(=O)(=O)Cl)c1ccccc1. The number of halogens is 1. The molecule has 0 aliphatic heterocycles. The van der Waals surface area contributed by atoms with E-state index in [1.54, 1.807) is 20.8 Å². The minimum Gasteiger partial charge on any atom is -0.444 e. The summed E-state index contributed by atoms with van der Waals surface area (Å²) in [6, 6.07) is 9.01. The first-order valence-electron chi connectivity index (χ1n) is 7.03. The van der Waals surface area contributed by atoms with Gasteiger partial charge in [0.05, 0.1) is 11.8 Å². The van der Waals surface area contributed by atoms with Crippen LogP contribution in [0.15, 0.2) is 30.3 Å². The lowest BCUT2D eigenvalue weighted by Crippen LogP contribution is -2.35. The van der Waals surface area contributed by atoms with Crippen LogP contribution in [0, 0.1) is 0 Å². The summed E-state index contributed by atoms with van der Waals surface area (Å²) in [6.45, 7) is 5.35. The number of rotatable bonds is 6. The van der Waals surface area contributed by atoms with Crippen LogP contribution in [0.1, 0.15) is 45.2 Å². The molecule has 0 radical (unpaired) electrons. The molecule has 1 aromatic carbocycles. The third kappa shape index (κ3) is 8.24. The zero-order chi connectivity index (χ0) is 16.8. The van der Waals surface area contributed by atoms with Crippen LogP contribution in [0.5, 0.6) is 0 Å². The highest BCUT2D eigenvalue weighted by atomic mass is 35.7. The molecule has 1 rings (SSSR count). The Morgan fingerprint density at radius 3 is 2.36 bits per heavy atom. The Bertz CT molecular complexity index is 581. The lowest BCUT2D eigenvalue weighted by Gasteiger charge is -2.24. The van der Waals surface area contributed by atoms with E-state index >= 15 is 0 Å². The van der Waals surface area contributed by atoms with E-state index < -0.39 is 20.7 Å². The van der Waals surface area contributed by atoms with Gasteiger partial charge in [0.15, 0.2) is 0 Å². The second-order valence-corrected chi connectivity index (χ2v) is 8.89. The van der Waals surface area contributed by atoms with E-state index in [1.165, 1.54) is 0 Å². The van der Waals surface area contributed by atoms with Crippen LogP contribution in [0.25, 0.3) is 0 Å². The van der Waals surface area contributed by atoms with E-state index in [0.717, 1.165) is 5.56 Å². The van der Waals surface area contributed by atoms with Gasteiger partial charge >= 0.3 is 6.09 Å². The second kappa shape index (κ2) is 7.83. The van der Waals surface area contributed by atoms with Crippen LogP contribution in [0.4, 0.5) is 4.79 Å². The van der Waals surface area contributed by atoms with Crippen LogP contribution in [0.3, 0.4) is 0 Å². The molecule has 1 aromatic rings. The molecule has 1 unspecified atom stereocenters. The summed E-state index contributed by atoms with van der Waals surface area (Å²) in [7, 11) is 1.68. The number of hydrogen-bond acceptors (Lipinski definition) is 4. The molecule has 5 nitrogen and oxygen atoms in total. The fraction of sp³-hybridized carbons (Fsp3) is 0.533. The van der Waals surface area contributed by atoms with Gasteiger partial charge in [0.25, 0.3) is 0 Å². The Morgan fingerprint density at radius 2 is 1.86 bits per heavy atom. The van der Waals surface area contributed by atoms with E-state index in [2.05, 4.69) is 5.32 Å². The molecule has 0 bridgehead atoms. The largest absolute Gasteiger partial charge is 0.444 e. The number of amides is 1. The van der Waals surface area contributed by atoms with E-state index in [1.807, 2.05) is 30.3 Å². The van der Waals surface area contributed by atoms with Crippen LogP contribution < -0.4 is 5.32 Å². The number of carbonyl (C=O) groups is 1. The van der Waals surface area contributed by atoms with Crippen molar-refractivity contribution in [3.8, 4) is 0 Å². The molecule has 0 aliphatic rings. The van der Waals surface area contributed by atoms with Crippen molar-refractivity contribution in [1.29, 1.82) is 0 Å². The smallest absolute Gasteiger partial charge is 0.408 e. The summed E-state index contributed by atoms with van der Waals surface area (Å²) >= 11 is 0. The Hall–Kier alpha value is -1.27. The molecule has 0 saturated heterocycles. The molecule has 0 aliphatic carbocycles. The summed E-state index contributed by atoms with van der Waals surface area (Å²) < 4.78 is 27.3. The van der Waals surface area contributed by atoms with Crippen molar-refractivity contribution in [2.24, 2.45) is 0 Å². The topological polar surface area (TPSA) is 72.5 Å². The maximum absolute atomic E-state index is 11.9.